The molecule has 2 amide bonds. The number of rotatable bonds is 1. The van der Waals surface area contributed by atoms with Gasteiger partial charge in [-0.05, 0) is 18.2 Å². The van der Waals surface area contributed by atoms with Gasteiger partial charge in [-0.15, -0.1) is 0 Å². The van der Waals surface area contributed by atoms with Crippen molar-refractivity contribution >= 4 is 11.7 Å². The molecule has 0 saturated carbocycles. The van der Waals surface area contributed by atoms with E-state index >= 15 is 0 Å². The molecule has 1 aromatic carbocycles. The Balaban J connectivity index is 1.99. The molecule has 0 saturated heterocycles. The molecule has 2 rings (SSSR count). The number of benzene rings is 1. The zero-order valence-corrected chi connectivity index (χ0v) is 8.71. The van der Waals surface area contributed by atoms with Gasteiger partial charge in [0.1, 0.15) is 0 Å². The third-order valence-corrected chi connectivity index (χ3v) is 2.04. The second-order valence-corrected chi connectivity index (χ2v) is 3.29. The SMILES string of the molecule is O=C(N=[N+]1C=CC=CC1)Nc1ccccc1. The number of azo groups is 2. The van der Waals surface area contributed by atoms with E-state index in [1.54, 1.807) is 10.9 Å². The van der Waals surface area contributed by atoms with Crippen LogP contribution < -0.4 is 5.32 Å². The number of anilines is 1. The van der Waals surface area contributed by atoms with Crippen LogP contribution in [0.2, 0.25) is 0 Å². The zero-order valence-electron chi connectivity index (χ0n) is 8.71. The van der Waals surface area contributed by atoms with E-state index in [-0.39, 0.29) is 6.03 Å². The lowest BCUT2D eigenvalue weighted by Gasteiger charge is -1.99. The minimum atomic E-state index is -0.369. The lowest BCUT2D eigenvalue weighted by Crippen LogP contribution is -2.12. The largest absolute Gasteiger partial charge is 0.405 e. The Morgan fingerprint density at radius 3 is 2.75 bits per heavy atom. The summed E-state index contributed by atoms with van der Waals surface area (Å²) < 4.78 is 1.58. The van der Waals surface area contributed by atoms with Crippen LogP contribution in [0.25, 0.3) is 0 Å². The summed E-state index contributed by atoms with van der Waals surface area (Å²) >= 11 is 0. The number of hydrogen-bond acceptors (Lipinski definition) is 1. The van der Waals surface area contributed by atoms with Gasteiger partial charge in [-0.1, -0.05) is 29.0 Å². The summed E-state index contributed by atoms with van der Waals surface area (Å²) in [4.78, 5) is 11.5. The van der Waals surface area contributed by atoms with Gasteiger partial charge in [0.25, 0.3) is 0 Å². The Morgan fingerprint density at radius 2 is 2.06 bits per heavy atom. The van der Waals surface area contributed by atoms with Crippen molar-refractivity contribution in [2.45, 2.75) is 0 Å². The monoisotopic (exact) mass is 214 g/mol. The molecule has 0 unspecified atom stereocenters. The number of carbonyl (C=O) groups is 1. The Labute approximate surface area is 93.6 Å². The fourth-order valence-electron chi connectivity index (χ4n) is 1.32. The number of para-hydroxylation sites is 1. The number of carbonyl (C=O) groups excluding carboxylic acids is 1. The van der Waals surface area contributed by atoms with Crippen molar-refractivity contribution in [2.24, 2.45) is 5.11 Å². The minimum absolute atomic E-state index is 0.369. The maximum atomic E-state index is 11.5. The first kappa shape index (κ1) is 10.3. The first-order valence-electron chi connectivity index (χ1n) is 5.02. The number of allylic oxidation sites excluding steroid dienone is 2. The van der Waals surface area contributed by atoms with Gasteiger partial charge in [-0.25, -0.2) is 4.79 Å². The topological polar surface area (TPSA) is 44.5 Å². The molecular formula is C12H12N3O+. The van der Waals surface area contributed by atoms with Crippen LogP contribution in [0.5, 0.6) is 0 Å². The van der Waals surface area contributed by atoms with Crippen molar-refractivity contribution in [1.82, 2.24) is 0 Å². The van der Waals surface area contributed by atoms with Crippen LogP contribution in [0.1, 0.15) is 0 Å². The molecule has 0 aromatic heterocycles. The van der Waals surface area contributed by atoms with Crippen LogP contribution in [0.3, 0.4) is 0 Å². The quantitative estimate of drug-likeness (QED) is 0.718. The molecule has 1 N–H and O–H groups in total. The molecule has 0 radical (unpaired) electrons. The third kappa shape index (κ3) is 2.88. The van der Waals surface area contributed by atoms with Gasteiger partial charge in [0.05, 0.1) is 5.11 Å². The molecule has 0 spiro atoms. The molecule has 16 heavy (non-hydrogen) atoms. The Hall–Kier alpha value is -2.23. The van der Waals surface area contributed by atoms with E-state index in [1.165, 1.54) is 0 Å². The minimum Gasteiger partial charge on any atom is -0.302 e. The van der Waals surface area contributed by atoms with Crippen LogP contribution in [0.4, 0.5) is 10.5 Å². The van der Waals surface area contributed by atoms with Crippen LogP contribution in [-0.2, 0) is 0 Å². The highest BCUT2D eigenvalue weighted by molar-refractivity contribution is 5.89. The van der Waals surface area contributed by atoms with Gasteiger partial charge in [-0.3, -0.25) is 0 Å². The second kappa shape index (κ2) is 5.02. The standard InChI is InChI=1S/C12H11N3O/c16-12(13-11-7-3-1-4-8-11)14-15-9-5-2-6-10-15/h1-9H,10H2/p+1. The normalized spacial score (nSPS) is 16.4. The first-order valence-corrected chi connectivity index (χ1v) is 5.02. The molecular weight excluding hydrogens is 202 g/mol. The van der Waals surface area contributed by atoms with Crippen LogP contribution in [0, 0.1) is 0 Å². The highest BCUT2D eigenvalue weighted by Crippen LogP contribution is 2.05. The van der Waals surface area contributed by atoms with Crippen molar-refractivity contribution in [3.8, 4) is 0 Å². The van der Waals surface area contributed by atoms with Crippen molar-refractivity contribution in [3.05, 3.63) is 54.8 Å². The van der Waals surface area contributed by atoms with Crippen LogP contribution >= 0.6 is 0 Å². The lowest BCUT2D eigenvalue weighted by molar-refractivity contribution is -0.513. The average molecular weight is 214 g/mol. The summed E-state index contributed by atoms with van der Waals surface area (Å²) in [5.41, 5.74) is 0.743. The van der Waals surface area contributed by atoms with Crippen molar-refractivity contribution in [3.63, 3.8) is 0 Å². The number of hydrogen-bond donors (Lipinski definition) is 1. The molecule has 1 aliphatic heterocycles. The van der Waals surface area contributed by atoms with E-state index in [0.717, 1.165) is 5.69 Å². The molecule has 0 aliphatic carbocycles. The summed E-state index contributed by atoms with van der Waals surface area (Å²) in [6.45, 7) is 0.624. The van der Waals surface area contributed by atoms with Crippen LogP contribution in [-0.4, -0.2) is 17.3 Å². The summed E-state index contributed by atoms with van der Waals surface area (Å²) in [6, 6.07) is 8.88. The van der Waals surface area contributed by atoms with Gasteiger partial charge in [-0.2, -0.15) is 0 Å². The molecule has 80 valence electrons. The number of nitrogens with zero attached hydrogens (tertiary/aromatic N) is 2. The molecule has 1 heterocycles. The van der Waals surface area contributed by atoms with E-state index in [4.69, 9.17) is 0 Å². The van der Waals surface area contributed by atoms with Crippen molar-refractivity contribution in [2.75, 3.05) is 11.9 Å². The van der Waals surface area contributed by atoms with Gasteiger partial charge in [0, 0.05) is 11.8 Å². The van der Waals surface area contributed by atoms with E-state index in [9.17, 15) is 4.79 Å². The zero-order chi connectivity index (χ0) is 11.2. The first-order chi connectivity index (χ1) is 7.84. The summed E-state index contributed by atoms with van der Waals surface area (Å²) in [6.07, 6.45) is 7.44. The maximum Gasteiger partial charge on any atom is 0.405 e. The second-order valence-electron chi connectivity index (χ2n) is 3.29. The molecule has 4 heteroatoms. The fraction of sp³-hybridized carbons (Fsp3) is 0.0833. The summed E-state index contributed by atoms with van der Waals surface area (Å²) in [5.74, 6) is 0. The number of urea groups is 1. The lowest BCUT2D eigenvalue weighted by atomic mass is 10.3. The Bertz CT molecular complexity index is 460. The molecule has 1 aromatic rings. The van der Waals surface area contributed by atoms with E-state index in [0.29, 0.717) is 6.54 Å². The van der Waals surface area contributed by atoms with E-state index < -0.39 is 0 Å². The summed E-state index contributed by atoms with van der Waals surface area (Å²) in [5, 5.41) is 6.56. The van der Waals surface area contributed by atoms with Crippen LogP contribution in [0.15, 0.2) is 59.9 Å². The average Bonchev–Trinajstić information content (AvgIpc) is 2.31. The van der Waals surface area contributed by atoms with Gasteiger partial charge >= 0.3 is 6.03 Å². The van der Waals surface area contributed by atoms with Gasteiger partial charge in [0.2, 0.25) is 0 Å². The third-order valence-electron chi connectivity index (χ3n) is 2.04. The highest BCUT2D eigenvalue weighted by atomic mass is 16.2. The molecule has 0 atom stereocenters. The molecule has 0 fully saturated rings. The Kier molecular flexibility index (Phi) is 3.23. The molecule has 1 aliphatic rings. The molecule has 0 bridgehead atoms. The van der Waals surface area contributed by atoms with Gasteiger partial charge < -0.3 is 5.32 Å². The predicted molar refractivity (Wildman–Crippen MR) is 61.3 cm³/mol. The van der Waals surface area contributed by atoms with Crippen molar-refractivity contribution < 1.29 is 9.49 Å². The smallest absolute Gasteiger partial charge is 0.302 e. The molecule has 4 nitrogen and oxygen atoms in total. The number of nitrogens with one attached hydrogen (secondary N) is 1. The summed E-state index contributed by atoms with van der Waals surface area (Å²) in [7, 11) is 0. The van der Waals surface area contributed by atoms with E-state index in [2.05, 4.69) is 10.4 Å². The number of amides is 2. The highest BCUT2D eigenvalue weighted by Gasteiger charge is 2.08. The van der Waals surface area contributed by atoms with E-state index in [1.807, 2.05) is 48.6 Å². The predicted octanol–water partition coefficient (Wildman–Crippen LogP) is 2.77. The Morgan fingerprint density at radius 1 is 1.25 bits per heavy atom. The van der Waals surface area contributed by atoms with Crippen molar-refractivity contribution in [1.29, 1.82) is 0 Å². The fourth-order valence-corrected chi connectivity index (χ4v) is 1.32. The maximum absolute atomic E-state index is 11.5. The van der Waals surface area contributed by atoms with Gasteiger partial charge in [0.15, 0.2) is 12.7 Å².